The molecule has 0 heterocycles. The molecule has 0 saturated heterocycles. The zero-order valence-electron chi connectivity index (χ0n) is 11.8. The number of hydrogen-bond acceptors (Lipinski definition) is 4. The number of rotatable bonds is 6. The lowest BCUT2D eigenvalue weighted by Gasteiger charge is -2.38. The van der Waals surface area contributed by atoms with Gasteiger partial charge in [-0.25, -0.2) is 0 Å². The van der Waals surface area contributed by atoms with Gasteiger partial charge >= 0.3 is 0 Å². The van der Waals surface area contributed by atoms with E-state index < -0.39 is 0 Å². The van der Waals surface area contributed by atoms with Crippen LogP contribution in [0.5, 0.6) is 5.75 Å². The molecule has 1 aliphatic carbocycles. The molecule has 1 amide bonds. The summed E-state index contributed by atoms with van der Waals surface area (Å²) in [5.41, 5.74) is 6.82. The van der Waals surface area contributed by atoms with Crippen LogP contribution in [-0.4, -0.2) is 42.2 Å². The molecule has 1 aromatic carbocycles. The van der Waals surface area contributed by atoms with Crippen LogP contribution in [0.2, 0.25) is 0 Å². The minimum Gasteiger partial charge on any atom is -0.494 e. The van der Waals surface area contributed by atoms with Crippen molar-refractivity contribution in [1.29, 1.82) is 0 Å². The number of para-hydroxylation sites is 1. The van der Waals surface area contributed by atoms with Crippen LogP contribution in [0.15, 0.2) is 18.2 Å². The molecule has 1 saturated carbocycles. The molecule has 1 fully saturated rings. The predicted octanol–water partition coefficient (Wildman–Crippen LogP) is 1.65. The maximum absolute atomic E-state index is 12.7. The van der Waals surface area contributed by atoms with Crippen LogP contribution in [0.1, 0.15) is 36.0 Å². The summed E-state index contributed by atoms with van der Waals surface area (Å²) < 4.78 is 5.26. The average Bonchev–Trinajstić information content (AvgIpc) is 2.40. The highest BCUT2D eigenvalue weighted by Gasteiger charge is 2.30. The number of ether oxygens (including phenoxy) is 1. The van der Waals surface area contributed by atoms with Gasteiger partial charge in [0.15, 0.2) is 5.75 Å². The number of methoxy groups -OCH3 is 1. The minimum atomic E-state index is -0.0627. The smallest absolute Gasteiger partial charge is 0.257 e. The molecule has 5 heteroatoms. The number of benzene rings is 1. The van der Waals surface area contributed by atoms with Crippen molar-refractivity contribution in [1.82, 2.24) is 4.90 Å². The highest BCUT2D eigenvalue weighted by atomic mass is 16.5. The maximum Gasteiger partial charge on any atom is 0.257 e. The van der Waals surface area contributed by atoms with Crippen LogP contribution in [0.4, 0.5) is 5.69 Å². The second kappa shape index (κ2) is 6.61. The highest BCUT2D eigenvalue weighted by Crippen LogP contribution is 2.31. The third kappa shape index (κ3) is 2.88. The van der Waals surface area contributed by atoms with Gasteiger partial charge in [-0.2, -0.15) is 0 Å². The Balaban J connectivity index is 2.24. The van der Waals surface area contributed by atoms with E-state index in [1.165, 1.54) is 7.11 Å². The van der Waals surface area contributed by atoms with E-state index in [4.69, 9.17) is 15.6 Å². The lowest BCUT2D eigenvalue weighted by Crippen LogP contribution is -2.45. The van der Waals surface area contributed by atoms with E-state index in [1.54, 1.807) is 18.2 Å². The SMILES string of the molecule is COc1c(N)cccc1C(=O)N(CCCO)C1CCC1. The summed E-state index contributed by atoms with van der Waals surface area (Å²) in [6, 6.07) is 5.50. The molecule has 0 bridgehead atoms. The molecule has 0 radical (unpaired) electrons. The van der Waals surface area contributed by atoms with Gasteiger partial charge in [-0.3, -0.25) is 4.79 Å². The van der Waals surface area contributed by atoms with E-state index in [-0.39, 0.29) is 18.6 Å². The van der Waals surface area contributed by atoms with Crippen molar-refractivity contribution < 1.29 is 14.6 Å². The average molecular weight is 278 g/mol. The molecule has 20 heavy (non-hydrogen) atoms. The molecular weight excluding hydrogens is 256 g/mol. The van der Waals surface area contributed by atoms with Gasteiger partial charge in [-0.05, 0) is 37.8 Å². The van der Waals surface area contributed by atoms with Gasteiger partial charge in [0.1, 0.15) is 0 Å². The number of carbonyl (C=O) groups is 1. The number of anilines is 1. The van der Waals surface area contributed by atoms with Crippen LogP contribution >= 0.6 is 0 Å². The zero-order chi connectivity index (χ0) is 14.5. The first-order chi connectivity index (χ1) is 9.69. The van der Waals surface area contributed by atoms with E-state index in [0.29, 0.717) is 30.0 Å². The summed E-state index contributed by atoms with van der Waals surface area (Å²) in [6.45, 7) is 0.655. The summed E-state index contributed by atoms with van der Waals surface area (Å²) in [6.07, 6.45) is 3.80. The topological polar surface area (TPSA) is 75.8 Å². The van der Waals surface area contributed by atoms with Crippen molar-refractivity contribution in [2.24, 2.45) is 0 Å². The Hall–Kier alpha value is -1.75. The van der Waals surface area contributed by atoms with Crippen molar-refractivity contribution in [3.8, 4) is 5.75 Å². The number of nitrogen functional groups attached to an aromatic ring is 1. The first kappa shape index (κ1) is 14.7. The number of aliphatic hydroxyl groups is 1. The van der Waals surface area contributed by atoms with Gasteiger partial charge in [0.05, 0.1) is 18.4 Å². The van der Waals surface area contributed by atoms with E-state index in [2.05, 4.69) is 0 Å². The first-order valence-electron chi connectivity index (χ1n) is 7.03. The number of nitrogens with zero attached hydrogens (tertiary/aromatic N) is 1. The largest absolute Gasteiger partial charge is 0.494 e. The third-order valence-corrected chi connectivity index (χ3v) is 3.81. The zero-order valence-corrected chi connectivity index (χ0v) is 11.8. The molecule has 2 rings (SSSR count). The van der Waals surface area contributed by atoms with Crippen LogP contribution in [0.3, 0.4) is 0 Å². The number of nitrogens with two attached hydrogens (primary N) is 1. The van der Waals surface area contributed by atoms with Gasteiger partial charge in [0, 0.05) is 19.2 Å². The van der Waals surface area contributed by atoms with Crippen molar-refractivity contribution in [2.75, 3.05) is 26.0 Å². The van der Waals surface area contributed by atoms with Gasteiger partial charge in [0.25, 0.3) is 5.91 Å². The van der Waals surface area contributed by atoms with E-state index in [1.807, 2.05) is 4.90 Å². The Kier molecular flexibility index (Phi) is 4.84. The molecule has 5 nitrogen and oxygen atoms in total. The molecule has 0 aliphatic heterocycles. The van der Waals surface area contributed by atoms with Gasteiger partial charge < -0.3 is 20.5 Å². The minimum absolute atomic E-state index is 0.0627. The predicted molar refractivity (Wildman–Crippen MR) is 77.8 cm³/mol. The van der Waals surface area contributed by atoms with Crippen LogP contribution in [0.25, 0.3) is 0 Å². The Labute approximate surface area is 119 Å². The molecule has 0 atom stereocenters. The quantitative estimate of drug-likeness (QED) is 0.776. The fourth-order valence-electron chi connectivity index (χ4n) is 2.50. The fraction of sp³-hybridized carbons (Fsp3) is 0.533. The van der Waals surface area contributed by atoms with Crippen LogP contribution in [-0.2, 0) is 0 Å². The Morgan fingerprint density at radius 3 is 2.80 bits per heavy atom. The molecule has 0 spiro atoms. The van der Waals surface area contributed by atoms with E-state index in [9.17, 15) is 4.79 Å². The summed E-state index contributed by atoms with van der Waals surface area (Å²) in [4.78, 5) is 14.6. The normalized spacial score (nSPS) is 14.7. The van der Waals surface area contributed by atoms with Crippen LogP contribution in [0, 0.1) is 0 Å². The summed E-state index contributed by atoms with van der Waals surface area (Å²) in [5.74, 6) is 0.373. The second-order valence-corrected chi connectivity index (χ2v) is 5.09. The molecule has 110 valence electrons. The standard InChI is InChI=1S/C15H22N2O3/c1-20-14-12(7-3-8-13(14)16)15(19)17(9-4-10-18)11-5-2-6-11/h3,7-8,11,18H,2,4-6,9-10,16H2,1H3. The Bertz CT molecular complexity index is 472. The third-order valence-electron chi connectivity index (χ3n) is 3.81. The molecular formula is C15H22N2O3. The number of aliphatic hydroxyl groups excluding tert-OH is 1. The summed E-state index contributed by atoms with van der Waals surface area (Å²) in [5, 5.41) is 9.00. The lowest BCUT2D eigenvalue weighted by atomic mass is 9.90. The fourth-order valence-corrected chi connectivity index (χ4v) is 2.50. The van der Waals surface area contributed by atoms with Gasteiger partial charge in [0.2, 0.25) is 0 Å². The molecule has 1 aromatic rings. The maximum atomic E-state index is 12.7. The molecule has 1 aliphatic rings. The summed E-state index contributed by atoms with van der Waals surface area (Å²) in [7, 11) is 1.52. The molecule has 3 N–H and O–H groups in total. The first-order valence-corrected chi connectivity index (χ1v) is 7.03. The van der Waals surface area contributed by atoms with Gasteiger partial charge in [-0.15, -0.1) is 0 Å². The van der Waals surface area contributed by atoms with Gasteiger partial charge in [-0.1, -0.05) is 6.07 Å². The monoisotopic (exact) mass is 278 g/mol. The lowest BCUT2D eigenvalue weighted by molar-refractivity contribution is 0.0559. The Morgan fingerprint density at radius 1 is 1.50 bits per heavy atom. The number of hydrogen-bond donors (Lipinski definition) is 2. The highest BCUT2D eigenvalue weighted by molar-refractivity contribution is 5.98. The Morgan fingerprint density at radius 2 is 2.25 bits per heavy atom. The second-order valence-electron chi connectivity index (χ2n) is 5.09. The van der Waals surface area contributed by atoms with E-state index >= 15 is 0 Å². The summed E-state index contributed by atoms with van der Waals surface area (Å²) >= 11 is 0. The molecule has 0 aromatic heterocycles. The van der Waals surface area contributed by atoms with Crippen molar-refractivity contribution >= 4 is 11.6 Å². The van der Waals surface area contributed by atoms with Crippen molar-refractivity contribution in [2.45, 2.75) is 31.7 Å². The number of amides is 1. The van der Waals surface area contributed by atoms with E-state index in [0.717, 1.165) is 19.3 Å². The molecule has 0 unspecified atom stereocenters. The van der Waals surface area contributed by atoms with Crippen LogP contribution < -0.4 is 10.5 Å². The number of carbonyl (C=O) groups excluding carboxylic acids is 1. The van der Waals surface area contributed by atoms with Crippen molar-refractivity contribution in [3.05, 3.63) is 23.8 Å². The van der Waals surface area contributed by atoms with Crippen molar-refractivity contribution in [3.63, 3.8) is 0 Å².